The summed E-state index contributed by atoms with van der Waals surface area (Å²) in [5.74, 6) is 0.548. The Morgan fingerprint density at radius 1 is 1.00 bits per heavy atom. The fraction of sp³-hybridized carbons (Fsp3) is 0.200. The molecule has 1 unspecified atom stereocenters. The van der Waals surface area contributed by atoms with Crippen LogP contribution in [0.5, 0.6) is 0 Å². The van der Waals surface area contributed by atoms with Gasteiger partial charge >= 0.3 is 0 Å². The van der Waals surface area contributed by atoms with Gasteiger partial charge in [-0.25, -0.2) is 4.98 Å². The number of amides is 1. The molecule has 0 saturated carbocycles. The summed E-state index contributed by atoms with van der Waals surface area (Å²) < 4.78 is 0. The maximum absolute atomic E-state index is 12.9. The van der Waals surface area contributed by atoms with Crippen molar-refractivity contribution in [1.82, 2.24) is 9.88 Å². The minimum Gasteiger partial charge on any atom is -0.388 e. The summed E-state index contributed by atoms with van der Waals surface area (Å²) in [4.78, 5) is 20.4. The van der Waals surface area contributed by atoms with Gasteiger partial charge in [-0.3, -0.25) is 4.79 Å². The van der Waals surface area contributed by atoms with Crippen molar-refractivity contribution in [2.24, 2.45) is 0 Å². The standard InChI is InChI=1S/C30H27ClN2O2S/c31-24-13-11-22-12-15-25(32-27(22)19-24)14-10-21-6-5-7-23(18-21)28(34)20-36-29-9-2-1-8-26(29)30(35)33-16-3-4-17-33/h1-2,5-15,18-19,28,34H,3-4,16-17,20H2/b14-10+. The Labute approximate surface area is 220 Å². The lowest BCUT2D eigenvalue weighted by molar-refractivity contribution is 0.0789. The minimum absolute atomic E-state index is 0.0850. The Morgan fingerprint density at radius 2 is 1.81 bits per heavy atom. The minimum atomic E-state index is -0.653. The highest BCUT2D eigenvalue weighted by Crippen LogP contribution is 2.29. The molecular formula is C30H27ClN2O2S. The molecule has 2 heterocycles. The molecule has 0 spiro atoms. The third-order valence-corrected chi connectivity index (χ3v) is 7.71. The second-order valence-electron chi connectivity index (χ2n) is 8.90. The van der Waals surface area contributed by atoms with Crippen LogP contribution in [-0.4, -0.2) is 39.7 Å². The van der Waals surface area contributed by atoms with E-state index in [1.807, 2.05) is 95.9 Å². The van der Waals surface area contributed by atoms with Gasteiger partial charge in [0.1, 0.15) is 0 Å². The predicted molar refractivity (Wildman–Crippen MR) is 149 cm³/mol. The number of benzene rings is 3. The SMILES string of the molecule is O=C(c1ccccc1SCC(O)c1cccc(/C=C/c2ccc3ccc(Cl)cc3n2)c1)N1CCCC1. The molecule has 36 heavy (non-hydrogen) atoms. The molecule has 4 nitrogen and oxygen atoms in total. The van der Waals surface area contributed by atoms with Crippen LogP contribution < -0.4 is 0 Å². The van der Waals surface area contributed by atoms with Gasteiger partial charge in [-0.1, -0.05) is 60.1 Å². The van der Waals surface area contributed by atoms with Crippen molar-refractivity contribution in [2.45, 2.75) is 23.8 Å². The number of fused-ring (bicyclic) bond motifs is 1. The lowest BCUT2D eigenvalue weighted by atomic mass is 10.1. The topological polar surface area (TPSA) is 53.4 Å². The maximum atomic E-state index is 12.9. The van der Waals surface area contributed by atoms with E-state index < -0.39 is 6.10 Å². The van der Waals surface area contributed by atoms with Crippen molar-refractivity contribution < 1.29 is 9.90 Å². The van der Waals surface area contributed by atoms with Crippen molar-refractivity contribution in [1.29, 1.82) is 0 Å². The van der Waals surface area contributed by atoms with Crippen LogP contribution in [0, 0.1) is 0 Å². The van der Waals surface area contributed by atoms with E-state index in [1.165, 1.54) is 11.8 Å². The monoisotopic (exact) mass is 514 g/mol. The number of carbonyl (C=O) groups is 1. The number of aromatic nitrogens is 1. The number of hydrogen-bond acceptors (Lipinski definition) is 4. The molecule has 1 amide bonds. The van der Waals surface area contributed by atoms with Gasteiger partial charge in [0.25, 0.3) is 5.91 Å². The number of carbonyl (C=O) groups excluding carboxylic acids is 1. The number of halogens is 1. The van der Waals surface area contributed by atoms with Crippen molar-refractivity contribution in [3.8, 4) is 0 Å². The van der Waals surface area contributed by atoms with Gasteiger partial charge in [-0.05, 0) is 66.4 Å². The molecule has 1 N–H and O–H groups in total. The van der Waals surface area contributed by atoms with Gasteiger partial charge in [0.05, 0.1) is 22.9 Å². The zero-order valence-corrected chi connectivity index (χ0v) is 21.4. The van der Waals surface area contributed by atoms with Gasteiger partial charge in [0.15, 0.2) is 0 Å². The largest absolute Gasteiger partial charge is 0.388 e. The summed E-state index contributed by atoms with van der Waals surface area (Å²) >= 11 is 7.63. The summed E-state index contributed by atoms with van der Waals surface area (Å²) in [6, 6.07) is 25.2. The number of thioether (sulfide) groups is 1. The fourth-order valence-corrected chi connectivity index (χ4v) is 5.56. The maximum Gasteiger partial charge on any atom is 0.254 e. The van der Waals surface area contributed by atoms with Gasteiger partial charge in [-0.2, -0.15) is 0 Å². The van der Waals surface area contributed by atoms with E-state index in [0.717, 1.165) is 64.1 Å². The number of rotatable bonds is 7. The summed E-state index contributed by atoms with van der Waals surface area (Å²) in [5, 5.41) is 12.6. The van der Waals surface area contributed by atoms with E-state index in [2.05, 4.69) is 4.98 Å². The average Bonchev–Trinajstić information content (AvgIpc) is 3.45. The normalized spacial score (nSPS) is 14.6. The molecule has 1 aliphatic heterocycles. The molecule has 1 atom stereocenters. The molecule has 3 aromatic carbocycles. The van der Waals surface area contributed by atoms with Crippen LogP contribution in [0.15, 0.2) is 83.8 Å². The molecule has 5 rings (SSSR count). The Balaban J connectivity index is 1.26. The van der Waals surface area contributed by atoms with E-state index in [9.17, 15) is 9.90 Å². The van der Waals surface area contributed by atoms with E-state index in [-0.39, 0.29) is 5.91 Å². The molecule has 1 aliphatic rings. The van der Waals surface area contributed by atoms with Crippen molar-refractivity contribution in [2.75, 3.05) is 18.8 Å². The molecule has 0 aliphatic carbocycles. The third-order valence-electron chi connectivity index (χ3n) is 6.33. The number of likely N-dealkylation sites (tertiary alicyclic amines) is 1. The zero-order chi connectivity index (χ0) is 24.9. The Kier molecular flexibility index (Phi) is 7.71. The predicted octanol–water partition coefficient (Wildman–Crippen LogP) is 7.12. The first kappa shape index (κ1) is 24.6. The number of aliphatic hydroxyl groups is 1. The highest BCUT2D eigenvalue weighted by molar-refractivity contribution is 7.99. The molecule has 1 aromatic heterocycles. The molecular weight excluding hydrogens is 488 g/mol. The van der Waals surface area contributed by atoms with Crippen LogP contribution in [-0.2, 0) is 0 Å². The smallest absolute Gasteiger partial charge is 0.254 e. The number of aliphatic hydroxyl groups excluding tert-OH is 1. The number of hydrogen-bond donors (Lipinski definition) is 1. The fourth-order valence-electron chi connectivity index (χ4n) is 4.38. The van der Waals surface area contributed by atoms with Crippen molar-refractivity contribution in [3.63, 3.8) is 0 Å². The van der Waals surface area contributed by atoms with E-state index in [1.54, 1.807) is 0 Å². The first-order chi connectivity index (χ1) is 17.6. The lowest BCUT2D eigenvalue weighted by Gasteiger charge is -2.18. The summed E-state index contributed by atoms with van der Waals surface area (Å²) in [6.07, 6.45) is 5.43. The Hall–Kier alpha value is -3.12. The van der Waals surface area contributed by atoms with E-state index >= 15 is 0 Å². The first-order valence-corrected chi connectivity index (χ1v) is 13.5. The van der Waals surface area contributed by atoms with Crippen LogP contribution in [0.3, 0.4) is 0 Å². The molecule has 1 saturated heterocycles. The van der Waals surface area contributed by atoms with Crippen molar-refractivity contribution in [3.05, 3.63) is 106 Å². The Morgan fingerprint density at radius 3 is 2.67 bits per heavy atom. The molecule has 1 fully saturated rings. The molecule has 6 heteroatoms. The van der Waals surface area contributed by atoms with Gasteiger partial charge < -0.3 is 10.0 Å². The summed E-state index contributed by atoms with van der Waals surface area (Å²) in [6.45, 7) is 1.65. The molecule has 182 valence electrons. The summed E-state index contributed by atoms with van der Waals surface area (Å²) in [5.41, 5.74) is 4.23. The first-order valence-electron chi connectivity index (χ1n) is 12.1. The highest BCUT2D eigenvalue weighted by Gasteiger charge is 2.22. The number of nitrogens with zero attached hydrogens (tertiary/aromatic N) is 2. The Bertz CT molecular complexity index is 1420. The number of pyridine rings is 1. The second kappa shape index (κ2) is 11.3. The van der Waals surface area contributed by atoms with E-state index in [4.69, 9.17) is 11.6 Å². The van der Waals surface area contributed by atoms with Gasteiger partial charge in [0.2, 0.25) is 0 Å². The van der Waals surface area contributed by atoms with Crippen molar-refractivity contribution >= 4 is 52.3 Å². The lowest BCUT2D eigenvalue weighted by Crippen LogP contribution is -2.28. The van der Waals surface area contributed by atoms with Crippen LogP contribution >= 0.6 is 23.4 Å². The molecule has 4 aromatic rings. The molecule has 0 bridgehead atoms. The van der Waals surface area contributed by atoms with Crippen LogP contribution in [0.1, 0.15) is 46.1 Å². The van der Waals surface area contributed by atoms with Gasteiger partial charge in [-0.15, -0.1) is 11.8 Å². The quantitative estimate of drug-likeness (QED) is 0.267. The van der Waals surface area contributed by atoms with Crippen LogP contribution in [0.25, 0.3) is 23.1 Å². The second-order valence-corrected chi connectivity index (χ2v) is 10.4. The van der Waals surface area contributed by atoms with Gasteiger partial charge in [0, 0.05) is 34.1 Å². The third kappa shape index (κ3) is 5.81. The van der Waals surface area contributed by atoms with E-state index in [0.29, 0.717) is 10.8 Å². The highest BCUT2D eigenvalue weighted by atomic mass is 35.5. The zero-order valence-electron chi connectivity index (χ0n) is 19.8. The molecule has 0 radical (unpaired) electrons. The van der Waals surface area contributed by atoms with Crippen LogP contribution in [0.2, 0.25) is 5.02 Å². The summed E-state index contributed by atoms with van der Waals surface area (Å²) in [7, 11) is 0. The average molecular weight is 515 g/mol. The van der Waals surface area contributed by atoms with Crippen LogP contribution in [0.4, 0.5) is 0 Å².